The highest BCUT2D eigenvalue weighted by Crippen LogP contribution is 2.16. The Morgan fingerprint density at radius 1 is 1.39 bits per heavy atom. The lowest BCUT2D eigenvalue weighted by Gasteiger charge is -2.05. The molecule has 2 rings (SSSR count). The highest BCUT2D eigenvalue weighted by atomic mass is 16.5. The van der Waals surface area contributed by atoms with E-state index in [1.807, 2.05) is 24.3 Å². The van der Waals surface area contributed by atoms with E-state index >= 15 is 0 Å². The van der Waals surface area contributed by atoms with Crippen molar-refractivity contribution in [3.63, 3.8) is 0 Å². The van der Waals surface area contributed by atoms with Crippen LogP contribution < -0.4 is 4.74 Å². The maximum atomic E-state index is 10.8. The number of carboxylic acid groups (broad SMARTS) is 1. The lowest BCUT2D eigenvalue weighted by molar-refractivity contribution is 0.0686. The van der Waals surface area contributed by atoms with E-state index < -0.39 is 5.97 Å². The molecule has 0 spiro atoms. The van der Waals surface area contributed by atoms with E-state index in [2.05, 4.69) is 11.9 Å². The van der Waals surface area contributed by atoms with Gasteiger partial charge in [0, 0.05) is 0 Å². The largest absolute Gasteiger partial charge is 0.486 e. The minimum Gasteiger partial charge on any atom is -0.486 e. The fourth-order valence-corrected chi connectivity index (χ4v) is 1.52. The van der Waals surface area contributed by atoms with Crippen molar-refractivity contribution in [2.24, 2.45) is 0 Å². The first-order chi connectivity index (χ1) is 8.70. The van der Waals surface area contributed by atoms with E-state index in [9.17, 15) is 4.79 Å². The molecule has 2 aromatic rings. The molecule has 0 saturated heterocycles. The summed E-state index contributed by atoms with van der Waals surface area (Å²) in [5.41, 5.74) is 1.11. The van der Waals surface area contributed by atoms with Crippen LogP contribution in [0.4, 0.5) is 0 Å². The first kappa shape index (κ1) is 12.2. The standard InChI is InChI=1S/C13H13NO4/c1-2-9-3-5-10(6-4-9)17-7-11-12(13(15)16)14-8-18-11/h3-6,8H,2,7H2,1H3,(H,15,16). The molecule has 0 aliphatic heterocycles. The van der Waals surface area contributed by atoms with Crippen molar-refractivity contribution in [2.75, 3.05) is 0 Å². The summed E-state index contributed by atoms with van der Waals surface area (Å²) in [5.74, 6) is -0.245. The zero-order chi connectivity index (χ0) is 13.0. The van der Waals surface area contributed by atoms with Crippen LogP contribution in [0.3, 0.4) is 0 Å². The Hall–Kier alpha value is -2.30. The monoisotopic (exact) mass is 247 g/mol. The van der Waals surface area contributed by atoms with Crippen LogP contribution >= 0.6 is 0 Å². The van der Waals surface area contributed by atoms with Gasteiger partial charge in [-0.15, -0.1) is 0 Å². The van der Waals surface area contributed by atoms with E-state index in [1.165, 1.54) is 5.56 Å². The average molecular weight is 247 g/mol. The molecular weight excluding hydrogens is 234 g/mol. The van der Waals surface area contributed by atoms with Crippen LogP contribution in [-0.4, -0.2) is 16.1 Å². The number of aromatic carboxylic acids is 1. The summed E-state index contributed by atoms with van der Waals surface area (Å²) in [6.07, 6.45) is 2.06. The van der Waals surface area contributed by atoms with Crippen LogP contribution in [0.5, 0.6) is 5.75 Å². The Balaban J connectivity index is 2.02. The number of hydrogen-bond acceptors (Lipinski definition) is 4. The van der Waals surface area contributed by atoms with E-state index in [0.29, 0.717) is 5.75 Å². The van der Waals surface area contributed by atoms with Gasteiger partial charge in [-0.1, -0.05) is 19.1 Å². The molecule has 0 atom stereocenters. The number of carboxylic acids is 1. The van der Waals surface area contributed by atoms with Gasteiger partial charge >= 0.3 is 5.97 Å². The smallest absolute Gasteiger partial charge is 0.358 e. The molecule has 0 amide bonds. The number of hydrogen-bond donors (Lipinski definition) is 1. The Kier molecular flexibility index (Phi) is 3.62. The van der Waals surface area contributed by atoms with Crippen molar-refractivity contribution < 1.29 is 19.1 Å². The average Bonchev–Trinajstić information content (AvgIpc) is 2.85. The Morgan fingerprint density at radius 2 is 2.11 bits per heavy atom. The molecular formula is C13H13NO4. The van der Waals surface area contributed by atoms with E-state index in [0.717, 1.165) is 12.8 Å². The van der Waals surface area contributed by atoms with Crippen molar-refractivity contribution in [1.29, 1.82) is 0 Å². The third-order valence-electron chi connectivity index (χ3n) is 2.54. The van der Waals surface area contributed by atoms with E-state index in [-0.39, 0.29) is 18.1 Å². The van der Waals surface area contributed by atoms with E-state index in [4.69, 9.17) is 14.3 Å². The zero-order valence-corrected chi connectivity index (χ0v) is 9.92. The summed E-state index contributed by atoms with van der Waals surface area (Å²) >= 11 is 0. The molecule has 0 aliphatic carbocycles. The topological polar surface area (TPSA) is 72.6 Å². The van der Waals surface area contributed by atoms with Crippen molar-refractivity contribution in [1.82, 2.24) is 4.98 Å². The summed E-state index contributed by atoms with van der Waals surface area (Å²) in [5, 5.41) is 8.84. The van der Waals surface area contributed by atoms with Gasteiger partial charge < -0.3 is 14.3 Å². The van der Waals surface area contributed by atoms with Crippen molar-refractivity contribution in [3.05, 3.63) is 47.7 Å². The third-order valence-corrected chi connectivity index (χ3v) is 2.54. The van der Waals surface area contributed by atoms with Gasteiger partial charge in [-0.05, 0) is 24.1 Å². The van der Waals surface area contributed by atoms with Gasteiger partial charge in [-0.25, -0.2) is 9.78 Å². The number of rotatable bonds is 5. The molecule has 0 unspecified atom stereocenters. The normalized spacial score (nSPS) is 10.3. The number of oxazole rings is 1. The Bertz CT molecular complexity index is 530. The number of ether oxygens (including phenoxy) is 1. The Labute approximate surface area is 104 Å². The highest BCUT2D eigenvalue weighted by Gasteiger charge is 2.15. The predicted octanol–water partition coefficient (Wildman–Crippen LogP) is 2.51. The summed E-state index contributed by atoms with van der Waals surface area (Å²) in [6, 6.07) is 7.62. The second kappa shape index (κ2) is 5.35. The second-order valence-electron chi connectivity index (χ2n) is 3.72. The number of benzene rings is 1. The molecule has 94 valence electrons. The SMILES string of the molecule is CCc1ccc(OCc2ocnc2C(=O)O)cc1. The van der Waals surface area contributed by atoms with Crippen LogP contribution in [0.2, 0.25) is 0 Å². The molecule has 1 aromatic heterocycles. The molecule has 18 heavy (non-hydrogen) atoms. The minimum atomic E-state index is -1.12. The maximum absolute atomic E-state index is 10.8. The molecule has 0 aliphatic rings. The van der Waals surface area contributed by atoms with Gasteiger partial charge in [0.2, 0.25) is 0 Å². The number of aromatic nitrogens is 1. The van der Waals surface area contributed by atoms with Crippen LogP contribution in [-0.2, 0) is 13.0 Å². The minimum absolute atomic E-state index is 0.0487. The van der Waals surface area contributed by atoms with Gasteiger partial charge in [-0.3, -0.25) is 0 Å². The Morgan fingerprint density at radius 3 is 2.72 bits per heavy atom. The first-order valence-corrected chi connectivity index (χ1v) is 5.58. The van der Waals surface area contributed by atoms with Gasteiger partial charge in [0.1, 0.15) is 12.4 Å². The van der Waals surface area contributed by atoms with Crippen LogP contribution in [0.15, 0.2) is 35.1 Å². The molecule has 0 bridgehead atoms. The van der Waals surface area contributed by atoms with Crippen LogP contribution in [0.1, 0.15) is 28.7 Å². The van der Waals surface area contributed by atoms with Gasteiger partial charge in [0.05, 0.1) is 0 Å². The fraction of sp³-hybridized carbons (Fsp3) is 0.231. The zero-order valence-electron chi connectivity index (χ0n) is 9.92. The predicted molar refractivity (Wildman–Crippen MR) is 63.6 cm³/mol. The summed E-state index contributed by atoms with van der Waals surface area (Å²) in [7, 11) is 0. The molecule has 0 saturated carbocycles. The lowest BCUT2D eigenvalue weighted by Crippen LogP contribution is -2.04. The van der Waals surface area contributed by atoms with Crippen LogP contribution in [0.25, 0.3) is 0 Å². The quantitative estimate of drug-likeness (QED) is 0.878. The number of carbonyl (C=O) groups is 1. The van der Waals surface area contributed by atoms with Crippen molar-refractivity contribution in [2.45, 2.75) is 20.0 Å². The molecule has 1 heterocycles. The molecule has 1 aromatic carbocycles. The lowest BCUT2D eigenvalue weighted by atomic mass is 10.2. The highest BCUT2D eigenvalue weighted by molar-refractivity contribution is 5.86. The molecule has 1 N–H and O–H groups in total. The first-order valence-electron chi connectivity index (χ1n) is 5.58. The summed E-state index contributed by atoms with van der Waals surface area (Å²) in [4.78, 5) is 14.4. The summed E-state index contributed by atoms with van der Waals surface area (Å²) < 4.78 is 10.4. The molecule has 5 heteroatoms. The van der Waals surface area contributed by atoms with E-state index in [1.54, 1.807) is 0 Å². The van der Waals surface area contributed by atoms with Crippen molar-refractivity contribution in [3.8, 4) is 5.75 Å². The second-order valence-corrected chi connectivity index (χ2v) is 3.72. The van der Waals surface area contributed by atoms with Gasteiger partial charge in [0.15, 0.2) is 17.8 Å². The maximum Gasteiger partial charge on any atom is 0.358 e. The van der Waals surface area contributed by atoms with Crippen LogP contribution in [0, 0.1) is 0 Å². The fourth-order valence-electron chi connectivity index (χ4n) is 1.52. The number of nitrogens with zero attached hydrogens (tertiary/aromatic N) is 1. The third kappa shape index (κ3) is 2.68. The molecule has 5 nitrogen and oxygen atoms in total. The number of aryl methyl sites for hydroxylation is 1. The van der Waals surface area contributed by atoms with Gasteiger partial charge in [0.25, 0.3) is 0 Å². The van der Waals surface area contributed by atoms with Crippen molar-refractivity contribution >= 4 is 5.97 Å². The molecule has 0 radical (unpaired) electrons. The summed E-state index contributed by atoms with van der Waals surface area (Å²) in [6.45, 7) is 2.12. The van der Waals surface area contributed by atoms with Gasteiger partial charge in [-0.2, -0.15) is 0 Å². The molecule has 0 fully saturated rings.